The molecule has 0 bridgehead atoms. The molecule has 126 valence electrons. The van der Waals surface area contributed by atoms with Crippen molar-refractivity contribution in [2.75, 3.05) is 6.54 Å². The third-order valence-electron chi connectivity index (χ3n) is 3.45. The average molecular weight is 346 g/mol. The third-order valence-corrected chi connectivity index (χ3v) is 4.47. The molecule has 0 atom stereocenters. The van der Waals surface area contributed by atoms with E-state index in [0.717, 1.165) is 17.2 Å². The summed E-state index contributed by atoms with van der Waals surface area (Å²) < 4.78 is 28.2. The van der Waals surface area contributed by atoms with Gasteiger partial charge in [-0.2, -0.15) is 0 Å². The molecule has 0 unspecified atom stereocenters. The highest BCUT2D eigenvalue weighted by Crippen LogP contribution is 2.20. The molecule has 0 aliphatic rings. The molecule has 2 rings (SSSR count). The number of hydrogen-bond acceptors (Lipinski definition) is 4. The van der Waals surface area contributed by atoms with Crippen LogP contribution in [0.3, 0.4) is 0 Å². The third kappa shape index (κ3) is 4.04. The van der Waals surface area contributed by atoms with E-state index >= 15 is 0 Å². The Balaban J connectivity index is 2.29. The topological polar surface area (TPSA) is 93.6 Å². The lowest BCUT2D eigenvalue weighted by Gasteiger charge is -2.19. The fraction of sp³-hybridized carbons (Fsp3) is 0.235. The fourth-order valence-electron chi connectivity index (χ4n) is 2.23. The number of carbonyl (C=O) groups is 1. The van der Waals surface area contributed by atoms with E-state index in [1.165, 1.54) is 11.8 Å². The predicted molar refractivity (Wildman–Crippen MR) is 89.6 cm³/mol. The average Bonchev–Trinajstić information content (AvgIpc) is 2.90. The molecule has 24 heavy (non-hydrogen) atoms. The lowest BCUT2D eigenvalue weighted by atomic mass is 10.1. The standard InChI is InChI=1S/C17H18N2O4S/c1-4-9-19(11-14-7-5-12(2)6-8-14)17(20)15-10-16(13(3)23-15)24(18,21)22/h1,5-8,10H,9,11H2,2-3H3,(H2,18,21,22). The van der Waals surface area contributed by atoms with Crippen molar-refractivity contribution in [1.82, 2.24) is 4.90 Å². The van der Waals surface area contributed by atoms with Crippen LogP contribution in [0.15, 0.2) is 39.6 Å². The Morgan fingerprint density at radius 1 is 1.29 bits per heavy atom. The number of benzene rings is 1. The number of terminal acetylenes is 1. The summed E-state index contributed by atoms with van der Waals surface area (Å²) in [5.41, 5.74) is 2.01. The summed E-state index contributed by atoms with van der Waals surface area (Å²) in [6, 6.07) is 8.80. The minimum atomic E-state index is -3.95. The van der Waals surface area contributed by atoms with Crippen LogP contribution in [-0.2, 0) is 16.6 Å². The first-order chi connectivity index (χ1) is 11.2. The first kappa shape index (κ1) is 17.8. The van der Waals surface area contributed by atoms with Crippen molar-refractivity contribution in [2.24, 2.45) is 5.14 Å². The van der Waals surface area contributed by atoms with Gasteiger partial charge in [-0.15, -0.1) is 6.42 Å². The minimum Gasteiger partial charge on any atom is -0.455 e. The normalized spacial score (nSPS) is 11.1. The van der Waals surface area contributed by atoms with E-state index in [2.05, 4.69) is 5.92 Å². The predicted octanol–water partition coefficient (Wildman–Crippen LogP) is 1.82. The van der Waals surface area contributed by atoms with Gasteiger partial charge in [-0.25, -0.2) is 13.6 Å². The van der Waals surface area contributed by atoms with Gasteiger partial charge in [-0.05, 0) is 19.4 Å². The van der Waals surface area contributed by atoms with Crippen LogP contribution < -0.4 is 5.14 Å². The summed E-state index contributed by atoms with van der Waals surface area (Å²) in [6.07, 6.45) is 5.34. The molecule has 0 saturated carbocycles. The molecule has 7 heteroatoms. The Morgan fingerprint density at radius 3 is 2.42 bits per heavy atom. The van der Waals surface area contributed by atoms with E-state index in [1.54, 1.807) is 0 Å². The quantitative estimate of drug-likeness (QED) is 0.836. The maximum absolute atomic E-state index is 12.6. The number of nitrogens with zero attached hydrogens (tertiary/aromatic N) is 1. The van der Waals surface area contributed by atoms with Gasteiger partial charge in [-0.3, -0.25) is 4.79 Å². The Hall–Kier alpha value is -2.56. The monoisotopic (exact) mass is 346 g/mol. The maximum atomic E-state index is 12.6. The van der Waals surface area contributed by atoms with Gasteiger partial charge >= 0.3 is 0 Å². The van der Waals surface area contributed by atoms with Crippen molar-refractivity contribution in [3.63, 3.8) is 0 Å². The number of carbonyl (C=O) groups excluding carboxylic acids is 1. The van der Waals surface area contributed by atoms with Crippen LogP contribution in [0.5, 0.6) is 0 Å². The second kappa shape index (κ2) is 6.91. The number of primary sulfonamides is 1. The molecular weight excluding hydrogens is 328 g/mol. The Kier molecular flexibility index (Phi) is 5.12. The van der Waals surface area contributed by atoms with Crippen LogP contribution in [0.1, 0.15) is 27.4 Å². The van der Waals surface area contributed by atoms with Gasteiger partial charge in [0.25, 0.3) is 5.91 Å². The number of nitrogens with two attached hydrogens (primary N) is 1. The molecule has 0 radical (unpaired) electrons. The number of furan rings is 1. The summed E-state index contributed by atoms with van der Waals surface area (Å²) in [5, 5.41) is 5.10. The highest BCUT2D eigenvalue weighted by molar-refractivity contribution is 7.89. The van der Waals surface area contributed by atoms with Crippen molar-refractivity contribution >= 4 is 15.9 Å². The fourth-order valence-corrected chi connectivity index (χ4v) is 2.95. The largest absolute Gasteiger partial charge is 0.455 e. The molecule has 1 aromatic heterocycles. The van der Waals surface area contributed by atoms with Crippen molar-refractivity contribution in [1.29, 1.82) is 0 Å². The Bertz CT molecular complexity index is 890. The van der Waals surface area contributed by atoms with Gasteiger partial charge < -0.3 is 9.32 Å². The van der Waals surface area contributed by atoms with E-state index in [9.17, 15) is 13.2 Å². The van der Waals surface area contributed by atoms with Crippen molar-refractivity contribution < 1.29 is 17.6 Å². The van der Waals surface area contributed by atoms with Crippen molar-refractivity contribution in [3.8, 4) is 12.3 Å². The summed E-state index contributed by atoms with van der Waals surface area (Å²) in [5.74, 6) is 1.88. The first-order valence-corrected chi connectivity index (χ1v) is 8.68. The molecule has 2 N–H and O–H groups in total. The molecular formula is C17H18N2O4S. The zero-order valence-electron chi connectivity index (χ0n) is 13.4. The molecule has 1 heterocycles. The van der Waals surface area contributed by atoms with Crippen molar-refractivity contribution in [2.45, 2.75) is 25.3 Å². The molecule has 0 fully saturated rings. The van der Waals surface area contributed by atoms with Crippen LogP contribution in [-0.4, -0.2) is 25.8 Å². The molecule has 0 aliphatic heterocycles. The molecule has 0 spiro atoms. The second-order valence-corrected chi connectivity index (χ2v) is 6.96. The highest BCUT2D eigenvalue weighted by Gasteiger charge is 2.24. The zero-order chi connectivity index (χ0) is 17.9. The van der Waals surface area contributed by atoms with Gasteiger partial charge in [0.15, 0.2) is 5.76 Å². The Morgan fingerprint density at radius 2 is 1.92 bits per heavy atom. The summed E-state index contributed by atoms with van der Waals surface area (Å²) in [6.45, 7) is 3.75. The number of rotatable bonds is 5. The number of hydrogen-bond donors (Lipinski definition) is 1. The van der Waals surface area contributed by atoms with Crippen molar-refractivity contribution in [3.05, 3.63) is 53.0 Å². The van der Waals surface area contributed by atoms with E-state index in [4.69, 9.17) is 16.0 Å². The molecule has 1 amide bonds. The van der Waals surface area contributed by atoms with Crippen LogP contribution in [0.25, 0.3) is 0 Å². The number of sulfonamides is 1. The zero-order valence-corrected chi connectivity index (χ0v) is 14.3. The molecule has 1 aromatic carbocycles. The SMILES string of the molecule is C#CCN(Cc1ccc(C)cc1)C(=O)c1cc(S(N)(=O)=O)c(C)o1. The molecule has 0 aliphatic carbocycles. The van der Waals surface area contributed by atoms with Gasteiger partial charge in [0.2, 0.25) is 10.0 Å². The molecule has 6 nitrogen and oxygen atoms in total. The summed E-state index contributed by atoms with van der Waals surface area (Å²) in [7, 11) is -3.95. The summed E-state index contributed by atoms with van der Waals surface area (Å²) >= 11 is 0. The van der Waals surface area contributed by atoms with Gasteiger partial charge in [0, 0.05) is 12.6 Å². The highest BCUT2D eigenvalue weighted by atomic mass is 32.2. The van der Waals surface area contributed by atoms with Gasteiger partial charge in [0.05, 0.1) is 6.54 Å². The molecule has 2 aromatic rings. The van der Waals surface area contributed by atoms with Crippen LogP contribution >= 0.6 is 0 Å². The van der Waals surface area contributed by atoms with Crippen LogP contribution in [0.2, 0.25) is 0 Å². The minimum absolute atomic E-state index is 0.0665. The summed E-state index contributed by atoms with van der Waals surface area (Å²) in [4.78, 5) is 13.8. The lowest BCUT2D eigenvalue weighted by molar-refractivity contribution is 0.0732. The Labute approximate surface area is 141 Å². The van der Waals surface area contributed by atoms with Gasteiger partial charge in [0.1, 0.15) is 10.7 Å². The van der Waals surface area contributed by atoms with Crippen LogP contribution in [0.4, 0.5) is 0 Å². The molecule has 0 saturated heterocycles. The maximum Gasteiger partial charge on any atom is 0.290 e. The second-order valence-electron chi connectivity index (χ2n) is 5.43. The van der Waals surface area contributed by atoms with E-state index in [0.29, 0.717) is 0 Å². The van der Waals surface area contributed by atoms with Gasteiger partial charge in [-0.1, -0.05) is 35.7 Å². The number of aryl methyl sites for hydroxylation is 2. The first-order valence-electron chi connectivity index (χ1n) is 7.14. The van der Waals surface area contributed by atoms with E-state index < -0.39 is 15.9 Å². The lowest BCUT2D eigenvalue weighted by Crippen LogP contribution is -2.30. The van der Waals surface area contributed by atoms with E-state index in [-0.39, 0.29) is 29.5 Å². The van der Waals surface area contributed by atoms with E-state index in [1.807, 2.05) is 31.2 Å². The number of amides is 1. The van der Waals surface area contributed by atoms with Crippen LogP contribution in [0, 0.1) is 26.2 Å². The smallest absolute Gasteiger partial charge is 0.290 e.